The minimum Gasteiger partial charge on any atom is -0.399 e. The van der Waals surface area contributed by atoms with Gasteiger partial charge in [-0.25, -0.2) is 0 Å². The molecule has 1 aliphatic rings. The molecule has 0 aliphatic heterocycles. The minimum absolute atomic E-state index is 0.440. The Kier molecular flexibility index (Phi) is 4.19. The van der Waals surface area contributed by atoms with Crippen molar-refractivity contribution in [2.45, 2.75) is 58.5 Å². The summed E-state index contributed by atoms with van der Waals surface area (Å²) in [5.74, 6) is 0. The van der Waals surface area contributed by atoms with Crippen LogP contribution < -0.4 is 5.73 Å². The molecule has 1 atom stereocenters. The van der Waals surface area contributed by atoms with E-state index in [0.717, 1.165) is 5.69 Å². The van der Waals surface area contributed by atoms with E-state index in [2.05, 4.69) is 50.9 Å². The second-order valence-electron chi connectivity index (χ2n) is 6.91. The third-order valence-corrected chi connectivity index (χ3v) is 4.89. The minimum atomic E-state index is 0.440. The molecule has 1 aromatic rings. The molecule has 0 amide bonds. The Morgan fingerprint density at radius 1 is 1.26 bits per heavy atom. The molecule has 1 unspecified atom stereocenters. The van der Waals surface area contributed by atoms with Crippen LogP contribution in [-0.4, -0.2) is 18.0 Å². The van der Waals surface area contributed by atoms with Crippen molar-refractivity contribution >= 4 is 5.69 Å². The third kappa shape index (κ3) is 3.50. The standard InChI is InChI=1S/C17H28N2/c1-13(14-6-5-7-15(18)12-14)19(4)16-8-10-17(2,3)11-9-16/h5-7,12-13,16H,8-11,18H2,1-4H3. The summed E-state index contributed by atoms with van der Waals surface area (Å²) in [6, 6.07) is 9.45. The highest BCUT2D eigenvalue weighted by Crippen LogP contribution is 2.38. The first-order valence-electron chi connectivity index (χ1n) is 7.46. The summed E-state index contributed by atoms with van der Waals surface area (Å²) in [7, 11) is 2.26. The molecule has 1 saturated carbocycles. The Morgan fingerprint density at radius 3 is 2.47 bits per heavy atom. The van der Waals surface area contributed by atoms with Gasteiger partial charge in [0.2, 0.25) is 0 Å². The van der Waals surface area contributed by atoms with E-state index < -0.39 is 0 Å². The molecule has 0 saturated heterocycles. The average Bonchev–Trinajstić information content (AvgIpc) is 2.37. The number of benzene rings is 1. The maximum Gasteiger partial charge on any atom is 0.0320 e. The van der Waals surface area contributed by atoms with E-state index >= 15 is 0 Å². The fraction of sp³-hybridized carbons (Fsp3) is 0.647. The molecular weight excluding hydrogens is 232 g/mol. The number of nitrogens with zero attached hydrogens (tertiary/aromatic N) is 1. The zero-order chi connectivity index (χ0) is 14.0. The molecule has 1 aromatic carbocycles. The van der Waals surface area contributed by atoms with Crippen LogP contribution in [0.1, 0.15) is 58.1 Å². The third-order valence-electron chi connectivity index (χ3n) is 4.89. The van der Waals surface area contributed by atoms with E-state index in [1.807, 2.05) is 6.07 Å². The molecular formula is C17H28N2. The van der Waals surface area contributed by atoms with Gasteiger partial charge in [-0.15, -0.1) is 0 Å². The first-order chi connectivity index (χ1) is 8.89. The molecule has 0 bridgehead atoms. The molecule has 1 aliphatic carbocycles. The predicted octanol–water partition coefficient (Wildman–Crippen LogP) is 4.23. The number of rotatable bonds is 3. The summed E-state index contributed by atoms with van der Waals surface area (Å²) < 4.78 is 0. The number of hydrogen-bond donors (Lipinski definition) is 1. The summed E-state index contributed by atoms with van der Waals surface area (Å²) in [6.45, 7) is 7.07. The van der Waals surface area contributed by atoms with Crippen molar-refractivity contribution in [3.8, 4) is 0 Å². The van der Waals surface area contributed by atoms with Crippen LogP contribution in [0, 0.1) is 5.41 Å². The van der Waals surface area contributed by atoms with E-state index in [1.165, 1.54) is 31.2 Å². The Bertz CT molecular complexity index is 415. The number of nitrogen functional groups attached to an aromatic ring is 1. The molecule has 1 fully saturated rings. The molecule has 2 nitrogen and oxygen atoms in total. The summed E-state index contributed by atoms with van der Waals surface area (Å²) in [5.41, 5.74) is 8.62. The van der Waals surface area contributed by atoms with Gasteiger partial charge in [0, 0.05) is 17.8 Å². The molecule has 2 N–H and O–H groups in total. The lowest BCUT2D eigenvalue weighted by Gasteiger charge is -2.41. The van der Waals surface area contributed by atoms with E-state index in [0.29, 0.717) is 17.5 Å². The largest absolute Gasteiger partial charge is 0.399 e. The highest BCUT2D eigenvalue weighted by atomic mass is 15.2. The molecule has 0 heterocycles. The zero-order valence-electron chi connectivity index (χ0n) is 12.8. The predicted molar refractivity (Wildman–Crippen MR) is 83.1 cm³/mol. The SMILES string of the molecule is CC(c1cccc(N)c1)N(C)C1CCC(C)(C)CC1. The fourth-order valence-corrected chi connectivity index (χ4v) is 3.16. The van der Waals surface area contributed by atoms with Crippen LogP contribution in [0.4, 0.5) is 5.69 Å². The van der Waals surface area contributed by atoms with Crippen molar-refractivity contribution < 1.29 is 0 Å². The second kappa shape index (κ2) is 5.54. The van der Waals surface area contributed by atoms with Crippen molar-refractivity contribution in [1.29, 1.82) is 0 Å². The van der Waals surface area contributed by atoms with E-state index in [-0.39, 0.29) is 0 Å². The van der Waals surface area contributed by atoms with Gasteiger partial charge in [-0.2, -0.15) is 0 Å². The van der Waals surface area contributed by atoms with Gasteiger partial charge < -0.3 is 5.73 Å². The van der Waals surface area contributed by atoms with E-state index in [4.69, 9.17) is 5.73 Å². The molecule has 106 valence electrons. The molecule has 19 heavy (non-hydrogen) atoms. The monoisotopic (exact) mass is 260 g/mol. The van der Waals surface area contributed by atoms with Crippen LogP contribution in [0.25, 0.3) is 0 Å². The Labute approximate surface area is 118 Å². The average molecular weight is 260 g/mol. The normalized spacial score (nSPS) is 21.5. The highest BCUT2D eigenvalue weighted by Gasteiger charge is 2.30. The molecule has 2 rings (SSSR count). The summed E-state index contributed by atoms with van der Waals surface area (Å²) >= 11 is 0. The van der Waals surface area contributed by atoms with Gasteiger partial charge in [0.05, 0.1) is 0 Å². The van der Waals surface area contributed by atoms with Crippen LogP contribution in [-0.2, 0) is 0 Å². The van der Waals surface area contributed by atoms with Crippen molar-refractivity contribution in [3.63, 3.8) is 0 Å². The van der Waals surface area contributed by atoms with Gasteiger partial charge in [0.1, 0.15) is 0 Å². The highest BCUT2D eigenvalue weighted by molar-refractivity contribution is 5.41. The van der Waals surface area contributed by atoms with Crippen LogP contribution in [0.5, 0.6) is 0 Å². The lowest BCUT2D eigenvalue weighted by atomic mass is 9.75. The first-order valence-corrected chi connectivity index (χ1v) is 7.46. The number of anilines is 1. The summed E-state index contributed by atoms with van der Waals surface area (Å²) in [5, 5.41) is 0. The van der Waals surface area contributed by atoms with Crippen molar-refractivity contribution in [2.24, 2.45) is 5.41 Å². The van der Waals surface area contributed by atoms with Crippen molar-refractivity contribution in [1.82, 2.24) is 4.90 Å². The van der Waals surface area contributed by atoms with Crippen molar-refractivity contribution in [2.75, 3.05) is 12.8 Å². The summed E-state index contributed by atoms with van der Waals surface area (Å²) in [6.07, 6.45) is 5.31. The van der Waals surface area contributed by atoms with E-state index in [9.17, 15) is 0 Å². The Hall–Kier alpha value is -1.02. The van der Waals surface area contributed by atoms with Crippen LogP contribution in [0.2, 0.25) is 0 Å². The van der Waals surface area contributed by atoms with Crippen molar-refractivity contribution in [3.05, 3.63) is 29.8 Å². The van der Waals surface area contributed by atoms with Gasteiger partial charge in [0.25, 0.3) is 0 Å². The molecule has 0 radical (unpaired) electrons. The molecule has 0 aromatic heterocycles. The first kappa shape index (κ1) is 14.4. The zero-order valence-corrected chi connectivity index (χ0v) is 12.8. The van der Waals surface area contributed by atoms with Gasteiger partial charge >= 0.3 is 0 Å². The maximum absolute atomic E-state index is 5.89. The molecule has 2 heteroatoms. The lowest BCUT2D eigenvalue weighted by molar-refractivity contribution is 0.100. The number of hydrogen-bond acceptors (Lipinski definition) is 2. The van der Waals surface area contributed by atoms with Crippen LogP contribution in [0.3, 0.4) is 0 Å². The smallest absolute Gasteiger partial charge is 0.0320 e. The Morgan fingerprint density at radius 2 is 1.89 bits per heavy atom. The molecule has 0 spiro atoms. The van der Waals surface area contributed by atoms with Gasteiger partial charge in [0.15, 0.2) is 0 Å². The Balaban J connectivity index is 2.02. The maximum atomic E-state index is 5.89. The van der Waals surface area contributed by atoms with Gasteiger partial charge in [-0.3, -0.25) is 4.90 Å². The summed E-state index contributed by atoms with van der Waals surface area (Å²) in [4.78, 5) is 2.53. The topological polar surface area (TPSA) is 29.3 Å². The number of nitrogens with two attached hydrogens (primary N) is 1. The fourth-order valence-electron chi connectivity index (χ4n) is 3.16. The van der Waals surface area contributed by atoms with Gasteiger partial charge in [-0.1, -0.05) is 26.0 Å². The lowest BCUT2D eigenvalue weighted by Crippen LogP contribution is -2.38. The quantitative estimate of drug-likeness (QED) is 0.824. The second-order valence-corrected chi connectivity index (χ2v) is 6.91. The van der Waals surface area contributed by atoms with E-state index in [1.54, 1.807) is 0 Å². The van der Waals surface area contributed by atoms with Gasteiger partial charge in [-0.05, 0) is 62.8 Å². The van der Waals surface area contributed by atoms with Crippen LogP contribution >= 0.6 is 0 Å². The van der Waals surface area contributed by atoms with Crippen LogP contribution in [0.15, 0.2) is 24.3 Å².